The van der Waals surface area contributed by atoms with Gasteiger partial charge in [0, 0.05) is 25.5 Å². The van der Waals surface area contributed by atoms with Gasteiger partial charge >= 0.3 is 18.0 Å². The molecule has 112 valence electrons. The smallest absolute Gasteiger partial charge is 0.337 e. The molecule has 0 bridgehead atoms. The summed E-state index contributed by atoms with van der Waals surface area (Å²) in [5, 5.41) is 0. The van der Waals surface area contributed by atoms with Gasteiger partial charge in [-0.05, 0) is 12.8 Å². The summed E-state index contributed by atoms with van der Waals surface area (Å²) >= 11 is 0. The lowest BCUT2D eigenvalue weighted by Gasteiger charge is -2.27. The van der Waals surface area contributed by atoms with Gasteiger partial charge in [-0.1, -0.05) is 0 Å². The number of alkyl halides is 5. The summed E-state index contributed by atoms with van der Waals surface area (Å²) < 4.78 is 64.6. The summed E-state index contributed by atoms with van der Waals surface area (Å²) in [5.41, 5.74) is 0. The minimum atomic E-state index is -5.89. The highest BCUT2D eigenvalue weighted by Crippen LogP contribution is 2.40. The van der Waals surface area contributed by atoms with E-state index >= 15 is 0 Å². The summed E-state index contributed by atoms with van der Waals surface area (Å²) in [7, 11) is 1.57. The third kappa shape index (κ3) is 2.61. The molecule has 0 radical (unpaired) electrons. The summed E-state index contributed by atoms with van der Waals surface area (Å²) in [6, 6.07) is -0.576. The quantitative estimate of drug-likeness (QED) is 0.798. The van der Waals surface area contributed by atoms with Crippen molar-refractivity contribution in [1.82, 2.24) is 14.5 Å². The van der Waals surface area contributed by atoms with Crippen molar-refractivity contribution in [2.75, 3.05) is 0 Å². The van der Waals surface area contributed by atoms with Crippen molar-refractivity contribution >= 4 is 5.91 Å². The van der Waals surface area contributed by atoms with E-state index in [1.54, 1.807) is 7.05 Å². The van der Waals surface area contributed by atoms with Crippen LogP contribution in [-0.2, 0) is 18.4 Å². The maximum atomic E-state index is 13.1. The molecular weight excluding hydrogens is 285 g/mol. The molecule has 0 N–H and O–H groups in total. The summed E-state index contributed by atoms with van der Waals surface area (Å²) in [4.78, 5) is 16.0. The van der Waals surface area contributed by atoms with Crippen LogP contribution >= 0.6 is 0 Å². The topological polar surface area (TPSA) is 38.1 Å². The fourth-order valence-electron chi connectivity index (χ4n) is 1.76. The van der Waals surface area contributed by atoms with Gasteiger partial charge in [-0.2, -0.15) is 22.0 Å². The highest BCUT2D eigenvalue weighted by Gasteiger charge is 2.65. The van der Waals surface area contributed by atoms with Gasteiger partial charge < -0.3 is 9.47 Å². The molecule has 0 saturated heterocycles. The zero-order chi connectivity index (χ0) is 15.1. The molecule has 1 aliphatic rings. The van der Waals surface area contributed by atoms with E-state index in [0.29, 0.717) is 17.7 Å². The van der Waals surface area contributed by atoms with Crippen LogP contribution in [0.1, 0.15) is 18.7 Å². The van der Waals surface area contributed by atoms with Crippen LogP contribution in [0.2, 0.25) is 0 Å². The van der Waals surface area contributed by atoms with Gasteiger partial charge in [0.15, 0.2) is 0 Å². The van der Waals surface area contributed by atoms with E-state index in [2.05, 4.69) is 4.98 Å². The first-order valence-electron chi connectivity index (χ1n) is 5.86. The molecule has 20 heavy (non-hydrogen) atoms. The minimum absolute atomic E-state index is 0.253. The van der Waals surface area contributed by atoms with Gasteiger partial charge in [-0.3, -0.25) is 4.79 Å². The number of aromatic nitrogens is 2. The van der Waals surface area contributed by atoms with Crippen LogP contribution < -0.4 is 0 Å². The summed E-state index contributed by atoms with van der Waals surface area (Å²) in [5.74, 6) is -7.33. The SMILES string of the molecule is Cn1ccnc1CN(C(=O)C(F)(F)C(F)(F)F)C1CC1. The number of hydrogen-bond donors (Lipinski definition) is 0. The number of halogens is 5. The maximum Gasteiger partial charge on any atom is 0.463 e. The van der Waals surface area contributed by atoms with E-state index < -0.39 is 24.0 Å². The summed E-state index contributed by atoms with van der Waals surface area (Å²) in [6.07, 6.45) is -2.15. The Hall–Kier alpha value is -1.67. The molecular formula is C11H12F5N3O. The first-order valence-corrected chi connectivity index (χ1v) is 5.86. The maximum absolute atomic E-state index is 13.1. The third-order valence-electron chi connectivity index (χ3n) is 3.11. The number of hydrogen-bond acceptors (Lipinski definition) is 2. The van der Waals surface area contributed by atoms with Crippen LogP contribution in [0.3, 0.4) is 0 Å². The number of nitrogens with zero attached hydrogens (tertiary/aromatic N) is 3. The van der Waals surface area contributed by atoms with E-state index in [1.807, 2.05) is 0 Å². The number of carbonyl (C=O) groups excluding carboxylic acids is 1. The average molecular weight is 297 g/mol. The monoisotopic (exact) mass is 297 g/mol. The molecule has 0 aromatic carbocycles. The lowest BCUT2D eigenvalue weighted by molar-refractivity contribution is -0.275. The van der Waals surface area contributed by atoms with Crippen molar-refractivity contribution in [2.45, 2.75) is 37.5 Å². The Morgan fingerprint density at radius 2 is 2.00 bits per heavy atom. The Morgan fingerprint density at radius 1 is 1.40 bits per heavy atom. The second-order valence-electron chi connectivity index (χ2n) is 4.69. The lowest BCUT2D eigenvalue weighted by atomic mass is 10.2. The van der Waals surface area contributed by atoms with Gasteiger partial charge in [0.05, 0.1) is 6.54 Å². The molecule has 0 unspecified atom stereocenters. The highest BCUT2D eigenvalue weighted by atomic mass is 19.4. The largest absolute Gasteiger partial charge is 0.463 e. The number of imidazole rings is 1. The van der Waals surface area contributed by atoms with Gasteiger partial charge in [0.2, 0.25) is 0 Å². The Kier molecular flexibility index (Phi) is 3.47. The van der Waals surface area contributed by atoms with Crippen LogP contribution in [0, 0.1) is 0 Å². The molecule has 2 rings (SSSR count). The molecule has 9 heteroatoms. The molecule has 1 aliphatic carbocycles. The number of carbonyl (C=O) groups is 1. The number of rotatable bonds is 4. The Bertz CT molecular complexity index is 506. The van der Waals surface area contributed by atoms with Crippen molar-refractivity contribution in [3.8, 4) is 0 Å². The molecule has 1 aromatic heterocycles. The average Bonchev–Trinajstić information content (AvgIpc) is 3.08. The van der Waals surface area contributed by atoms with Crippen LogP contribution in [0.5, 0.6) is 0 Å². The molecule has 0 atom stereocenters. The van der Waals surface area contributed by atoms with E-state index in [4.69, 9.17) is 0 Å². The summed E-state index contributed by atoms with van der Waals surface area (Å²) in [6.45, 7) is -0.362. The van der Waals surface area contributed by atoms with E-state index in [-0.39, 0.29) is 12.4 Å². The van der Waals surface area contributed by atoms with Crippen LogP contribution in [0.4, 0.5) is 22.0 Å². The van der Waals surface area contributed by atoms with Crippen molar-refractivity contribution in [2.24, 2.45) is 7.05 Å². The number of amides is 1. The van der Waals surface area contributed by atoms with Gasteiger partial charge in [-0.25, -0.2) is 4.98 Å². The molecule has 1 saturated carbocycles. The fraction of sp³-hybridized carbons (Fsp3) is 0.636. The zero-order valence-electron chi connectivity index (χ0n) is 10.5. The van der Waals surface area contributed by atoms with Crippen molar-refractivity contribution in [3.63, 3.8) is 0 Å². The predicted molar refractivity (Wildman–Crippen MR) is 57.8 cm³/mol. The van der Waals surface area contributed by atoms with Gasteiger partial charge in [-0.15, -0.1) is 0 Å². The van der Waals surface area contributed by atoms with Crippen LogP contribution in [0.25, 0.3) is 0 Å². The minimum Gasteiger partial charge on any atom is -0.337 e. The third-order valence-corrected chi connectivity index (χ3v) is 3.11. The van der Waals surface area contributed by atoms with Gasteiger partial charge in [0.1, 0.15) is 5.82 Å². The normalized spacial score (nSPS) is 16.3. The Balaban J connectivity index is 2.21. The van der Waals surface area contributed by atoms with Crippen LogP contribution in [-0.4, -0.2) is 38.5 Å². The van der Waals surface area contributed by atoms with Crippen molar-refractivity contribution in [3.05, 3.63) is 18.2 Å². The second kappa shape index (κ2) is 4.71. The van der Waals surface area contributed by atoms with Crippen molar-refractivity contribution in [1.29, 1.82) is 0 Å². The Morgan fingerprint density at radius 3 is 2.40 bits per heavy atom. The van der Waals surface area contributed by atoms with E-state index in [1.165, 1.54) is 17.0 Å². The molecule has 0 spiro atoms. The second-order valence-corrected chi connectivity index (χ2v) is 4.69. The molecule has 1 aromatic rings. The zero-order valence-corrected chi connectivity index (χ0v) is 10.5. The molecule has 1 amide bonds. The van der Waals surface area contributed by atoms with Gasteiger partial charge in [0.25, 0.3) is 0 Å². The van der Waals surface area contributed by atoms with Crippen LogP contribution in [0.15, 0.2) is 12.4 Å². The highest BCUT2D eigenvalue weighted by molar-refractivity contribution is 5.85. The first kappa shape index (κ1) is 14.7. The van der Waals surface area contributed by atoms with Crippen molar-refractivity contribution < 1.29 is 26.7 Å². The van der Waals surface area contributed by atoms with E-state index in [0.717, 1.165) is 0 Å². The molecule has 4 nitrogen and oxygen atoms in total. The predicted octanol–water partition coefficient (Wildman–Crippen LogP) is 2.11. The number of aryl methyl sites for hydroxylation is 1. The lowest BCUT2D eigenvalue weighted by Crippen LogP contribution is -2.52. The Labute approximate surface area is 111 Å². The molecule has 1 heterocycles. The molecule has 0 aliphatic heterocycles. The standard InChI is InChI=1S/C11H12F5N3O/c1-18-5-4-17-8(18)6-19(7-2-3-7)9(20)10(12,13)11(14,15)16/h4-5,7H,2-3,6H2,1H3. The first-order chi connectivity index (χ1) is 9.14. The molecule has 1 fully saturated rings. The fourth-order valence-corrected chi connectivity index (χ4v) is 1.76. The van der Waals surface area contributed by atoms with E-state index in [9.17, 15) is 26.7 Å².